The third kappa shape index (κ3) is 1.50. The van der Waals surface area contributed by atoms with Crippen LogP contribution in [-0.2, 0) is 5.60 Å². The summed E-state index contributed by atoms with van der Waals surface area (Å²) in [5, 5.41) is 22.5. The highest BCUT2D eigenvalue weighted by Crippen LogP contribution is 2.37. The number of hydrogen-bond acceptors (Lipinski definition) is 2. The fourth-order valence-corrected chi connectivity index (χ4v) is 2.63. The molecule has 0 aliphatic heterocycles. The van der Waals surface area contributed by atoms with Crippen LogP contribution < -0.4 is 0 Å². The molecule has 0 fully saturated rings. The fourth-order valence-electron chi connectivity index (χ4n) is 2.63. The second-order valence-electron chi connectivity index (χ2n) is 5.20. The molecule has 2 unspecified atom stereocenters. The summed E-state index contributed by atoms with van der Waals surface area (Å²) in [6.07, 6.45) is 2.70. The van der Waals surface area contributed by atoms with Crippen LogP contribution in [0.5, 0.6) is 0 Å². The van der Waals surface area contributed by atoms with E-state index in [4.69, 9.17) is 0 Å². The largest absolute Gasteiger partial charge is 0.386 e. The number of aliphatic hydroxyl groups excluding tert-OH is 1. The van der Waals surface area contributed by atoms with Gasteiger partial charge in [0.1, 0.15) is 11.7 Å². The van der Waals surface area contributed by atoms with Crippen LogP contribution in [0.15, 0.2) is 36.4 Å². The Labute approximate surface area is 106 Å². The average molecular weight is 240 g/mol. The van der Waals surface area contributed by atoms with E-state index in [2.05, 4.69) is 25.1 Å². The van der Waals surface area contributed by atoms with Gasteiger partial charge in [0, 0.05) is 0 Å². The molecule has 0 radical (unpaired) electrons. The Morgan fingerprint density at radius 2 is 1.94 bits per heavy atom. The Bertz CT molecular complexity index is 653. The Morgan fingerprint density at radius 3 is 2.72 bits per heavy atom. The molecule has 0 spiro atoms. The van der Waals surface area contributed by atoms with Gasteiger partial charge < -0.3 is 10.2 Å². The highest BCUT2D eigenvalue weighted by Gasteiger charge is 2.35. The number of hydrogen-bond donors (Lipinski definition) is 2. The summed E-state index contributed by atoms with van der Waals surface area (Å²) in [5.41, 5.74) is 1.79. The van der Waals surface area contributed by atoms with E-state index < -0.39 is 11.7 Å². The highest BCUT2D eigenvalue weighted by molar-refractivity contribution is 5.93. The predicted octanol–water partition coefficient (Wildman–Crippen LogP) is 2.74. The van der Waals surface area contributed by atoms with Crippen LogP contribution in [0.25, 0.3) is 16.8 Å². The van der Waals surface area contributed by atoms with E-state index >= 15 is 0 Å². The normalized spacial score (nSPS) is 26.3. The lowest BCUT2D eigenvalue weighted by Crippen LogP contribution is -2.37. The SMILES string of the molecule is Cc1ccc2c3c(ccc2c1)C(C)(O)C(O)C=C3. The molecule has 2 nitrogen and oxygen atoms in total. The van der Waals surface area contributed by atoms with Gasteiger partial charge in [-0.3, -0.25) is 0 Å². The van der Waals surface area contributed by atoms with Crippen molar-refractivity contribution in [3.8, 4) is 0 Å². The molecule has 3 rings (SSSR count). The van der Waals surface area contributed by atoms with E-state index in [9.17, 15) is 10.2 Å². The highest BCUT2D eigenvalue weighted by atomic mass is 16.3. The second kappa shape index (κ2) is 3.67. The molecule has 2 aromatic rings. The van der Waals surface area contributed by atoms with Gasteiger partial charge >= 0.3 is 0 Å². The van der Waals surface area contributed by atoms with Gasteiger partial charge in [0.2, 0.25) is 0 Å². The zero-order chi connectivity index (χ0) is 12.9. The van der Waals surface area contributed by atoms with Crippen LogP contribution in [0.1, 0.15) is 23.6 Å². The third-order valence-electron chi connectivity index (χ3n) is 3.78. The first kappa shape index (κ1) is 11.5. The van der Waals surface area contributed by atoms with Crippen molar-refractivity contribution in [3.63, 3.8) is 0 Å². The van der Waals surface area contributed by atoms with Crippen molar-refractivity contribution in [1.82, 2.24) is 0 Å². The van der Waals surface area contributed by atoms with Crippen molar-refractivity contribution >= 4 is 16.8 Å². The topological polar surface area (TPSA) is 40.5 Å². The molecule has 0 bridgehead atoms. The van der Waals surface area contributed by atoms with Crippen LogP contribution in [-0.4, -0.2) is 16.3 Å². The van der Waals surface area contributed by atoms with Gasteiger partial charge in [0.25, 0.3) is 0 Å². The van der Waals surface area contributed by atoms with Crippen LogP contribution in [0.2, 0.25) is 0 Å². The smallest absolute Gasteiger partial charge is 0.117 e. The second-order valence-corrected chi connectivity index (χ2v) is 5.20. The summed E-state index contributed by atoms with van der Waals surface area (Å²) in [4.78, 5) is 0. The van der Waals surface area contributed by atoms with Crippen molar-refractivity contribution in [1.29, 1.82) is 0 Å². The van der Waals surface area contributed by atoms with Gasteiger partial charge in [-0.05, 0) is 35.7 Å². The van der Waals surface area contributed by atoms with Gasteiger partial charge in [-0.25, -0.2) is 0 Å². The van der Waals surface area contributed by atoms with Crippen molar-refractivity contribution < 1.29 is 10.2 Å². The zero-order valence-electron chi connectivity index (χ0n) is 10.5. The maximum atomic E-state index is 10.4. The van der Waals surface area contributed by atoms with Crippen molar-refractivity contribution in [3.05, 3.63) is 53.1 Å². The number of aryl methyl sites for hydroxylation is 1. The predicted molar refractivity (Wildman–Crippen MR) is 73.3 cm³/mol. The summed E-state index contributed by atoms with van der Waals surface area (Å²) in [7, 11) is 0. The molecule has 1 aliphatic rings. The first-order valence-corrected chi connectivity index (χ1v) is 6.12. The summed E-state index contributed by atoms with van der Waals surface area (Å²) in [5.74, 6) is 0. The Hall–Kier alpha value is -1.64. The van der Waals surface area contributed by atoms with E-state index in [-0.39, 0.29) is 0 Å². The lowest BCUT2D eigenvalue weighted by Gasteiger charge is -2.33. The minimum Gasteiger partial charge on any atom is -0.386 e. The molecule has 92 valence electrons. The summed E-state index contributed by atoms with van der Waals surface area (Å²) >= 11 is 0. The third-order valence-corrected chi connectivity index (χ3v) is 3.78. The molecule has 0 aromatic heterocycles. The molecule has 0 heterocycles. The van der Waals surface area contributed by atoms with Crippen molar-refractivity contribution in [2.24, 2.45) is 0 Å². The van der Waals surface area contributed by atoms with Crippen LogP contribution in [0.4, 0.5) is 0 Å². The molecule has 1 aliphatic carbocycles. The number of benzene rings is 2. The molecule has 18 heavy (non-hydrogen) atoms. The average Bonchev–Trinajstić information content (AvgIpc) is 2.33. The first-order chi connectivity index (χ1) is 8.50. The van der Waals surface area contributed by atoms with E-state index in [1.54, 1.807) is 13.0 Å². The van der Waals surface area contributed by atoms with E-state index in [1.165, 1.54) is 5.56 Å². The van der Waals surface area contributed by atoms with Gasteiger partial charge in [-0.2, -0.15) is 0 Å². The first-order valence-electron chi connectivity index (χ1n) is 6.12. The Morgan fingerprint density at radius 1 is 1.17 bits per heavy atom. The number of aliphatic hydroxyl groups is 2. The van der Waals surface area contributed by atoms with Gasteiger partial charge in [0.05, 0.1) is 0 Å². The van der Waals surface area contributed by atoms with E-state index in [0.717, 1.165) is 21.9 Å². The molecule has 0 saturated carbocycles. The number of rotatable bonds is 0. The maximum absolute atomic E-state index is 10.4. The van der Waals surface area contributed by atoms with Crippen LogP contribution in [0, 0.1) is 6.92 Å². The monoisotopic (exact) mass is 240 g/mol. The maximum Gasteiger partial charge on any atom is 0.117 e. The van der Waals surface area contributed by atoms with E-state index in [0.29, 0.717) is 0 Å². The zero-order valence-corrected chi connectivity index (χ0v) is 10.5. The molecule has 0 saturated heterocycles. The summed E-state index contributed by atoms with van der Waals surface area (Å²) in [6.45, 7) is 3.72. The fraction of sp³-hybridized carbons (Fsp3) is 0.250. The van der Waals surface area contributed by atoms with Crippen molar-refractivity contribution in [2.75, 3.05) is 0 Å². The lowest BCUT2D eigenvalue weighted by atomic mass is 9.80. The number of fused-ring (bicyclic) bond motifs is 3. The lowest BCUT2D eigenvalue weighted by molar-refractivity contribution is -0.0435. The summed E-state index contributed by atoms with van der Waals surface area (Å²) < 4.78 is 0. The van der Waals surface area contributed by atoms with Gasteiger partial charge in [0.15, 0.2) is 0 Å². The molecule has 2 N–H and O–H groups in total. The van der Waals surface area contributed by atoms with Crippen LogP contribution >= 0.6 is 0 Å². The van der Waals surface area contributed by atoms with Crippen molar-refractivity contribution in [2.45, 2.75) is 25.6 Å². The standard InChI is InChI=1S/C16H16O2/c1-10-3-5-12-11(9-10)4-7-14-13(12)6-8-15(17)16(14,2)18/h3-9,15,17-18H,1-2H3. The molecule has 2 aromatic carbocycles. The van der Waals surface area contributed by atoms with E-state index in [1.807, 2.05) is 18.2 Å². The van der Waals surface area contributed by atoms with Gasteiger partial charge in [-0.15, -0.1) is 0 Å². The summed E-state index contributed by atoms with van der Waals surface area (Å²) in [6, 6.07) is 10.2. The Balaban J connectivity index is 2.36. The molecule has 2 heteroatoms. The molecular formula is C16H16O2. The minimum atomic E-state index is -1.22. The quantitative estimate of drug-likeness (QED) is 0.743. The van der Waals surface area contributed by atoms with Crippen LogP contribution in [0.3, 0.4) is 0 Å². The molecule has 0 amide bonds. The molecule has 2 atom stereocenters. The minimum absolute atomic E-state index is 0.786. The molecular weight excluding hydrogens is 224 g/mol. The van der Waals surface area contributed by atoms with Gasteiger partial charge in [-0.1, -0.05) is 48.0 Å². The Kier molecular flexibility index (Phi) is 2.34.